The topological polar surface area (TPSA) is 119 Å². The number of aromatic nitrogens is 4. The third-order valence-electron chi connectivity index (χ3n) is 6.83. The highest BCUT2D eigenvalue weighted by Crippen LogP contribution is 2.32. The lowest BCUT2D eigenvalue weighted by molar-refractivity contribution is -0.117. The van der Waals surface area contributed by atoms with E-state index in [1.807, 2.05) is 51.1 Å². The van der Waals surface area contributed by atoms with Crippen molar-refractivity contribution in [2.75, 3.05) is 17.7 Å². The molecule has 0 aliphatic heterocycles. The van der Waals surface area contributed by atoms with Gasteiger partial charge in [0.2, 0.25) is 5.91 Å². The molecule has 0 unspecified atom stereocenters. The van der Waals surface area contributed by atoms with Crippen LogP contribution in [0.4, 0.5) is 11.5 Å². The second-order valence-electron chi connectivity index (χ2n) is 10.1. The summed E-state index contributed by atoms with van der Waals surface area (Å²) in [4.78, 5) is 42.7. The highest BCUT2D eigenvalue weighted by Gasteiger charge is 2.30. The first kappa shape index (κ1) is 26.1. The fraction of sp³-hybridized carbons (Fsp3) is 0.267. The highest BCUT2D eigenvalue weighted by molar-refractivity contribution is 6.04. The molecule has 4 aromatic rings. The third-order valence-corrected chi connectivity index (χ3v) is 6.83. The Bertz CT molecular complexity index is 1550. The maximum Gasteiger partial charge on any atom is 0.255 e. The zero-order valence-corrected chi connectivity index (χ0v) is 22.4. The van der Waals surface area contributed by atoms with Gasteiger partial charge in [0.15, 0.2) is 0 Å². The predicted octanol–water partition coefficient (Wildman–Crippen LogP) is 5.39. The van der Waals surface area contributed by atoms with Gasteiger partial charge in [0.05, 0.1) is 23.3 Å². The predicted molar refractivity (Wildman–Crippen MR) is 149 cm³/mol. The number of ether oxygens (including phenoxy) is 1. The molecule has 1 fully saturated rings. The van der Waals surface area contributed by atoms with Gasteiger partial charge in [0.25, 0.3) is 5.91 Å². The molecule has 2 N–H and O–H groups in total. The van der Waals surface area contributed by atoms with Gasteiger partial charge in [0.1, 0.15) is 17.7 Å². The van der Waals surface area contributed by atoms with Crippen molar-refractivity contribution in [2.45, 2.75) is 39.2 Å². The summed E-state index contributed by atoms with van der Waals surface area (Å²) >= 11 is 0. The van der Waals surface area contributed by atoms with Crippen molar-refractivity contribution in [3.8, 4) is 22.4 Å². The second kappa shape index (κ2) is 10.7. The number of nitrogens with one attached hydrogen (secondary N) is 2. The minimum atomic E-state index is -0.618. The van der Waals surface area contributed by atoms with Crippen LogP contribution in [0.3, 0.4) is 0 Å². The second-order valence-corrected chi connectivity index (χ2v) is 10.1. The fourth-order valence-corrected chi connectivity index (χ4v) is 4.11. The molecule has 1 aliphatic rings. The minimum Gasteiger partial charge on any atom is -0.373 e. The fourth-order valence-electron chi connectivity index (χ4n) is 4.11. The van der Waals surface area contributed by atoms with Crippen LogP contribution in [0.1, 0.15) is 48.4 Å². The average Bonchev–Trinajstić information content (AvgIpc) is 3.80. The molecule has 5 rings (SSSR count). The molecular formula is C30H30N6O3. The van der Waals surface area contributed by atoms with E-state index in [9.17, 15) is 9.59 Å². The van der Waals surface area contributed by atoms with E-state index < -0.39 is 5.60 Å². The van der Waals surface area contributed by atoms with E-state index >= 15 is 0 Å². The molecule has 2 amide bonds. The Morgan fingerprint density at radius 1 is 0.949 bits per heavy atom. The minimum absolute atomic E-state index is 0.000592. The molecule has 0 radical (unpaired) electrons. The highest BCUT2D eigenvalue weighted by atomic mass is 16.5. The standard InChI is InChI=1S/C30H30N6O3/c1-18-24(14-23(16-32-18)35-29(38)22-10-11-31-26(13-22)30(2,3)39-4)20-6-5-7-21(12-20)25-15-27(34-17-33-25)36-28(37)19-8-9-19/h5-7,10-17,19H,8-9H2,1-4H3,(H,35,38)(H,33,34,36,37). The first-order valence-corrected chi connectivity index (χ1v) is 12.8. The van der Waals surface area contributed by atoms with Gasteiger partial charge in [-0.15, -0.1) is 0 Å². The van der Waals surface area contributed by atoms with Crippen molar-refractivity contribution in [3.63, 3.8) is 0 Å². The lowest BCUT2D eigenvalue weighted by atomic mass is 10.00. The summed E-state index contributed by atoms with van der Waals surface area (Å²) < 4.78 is 5.50. The molecule has 1 saturated carbocycles. The largest absolute Gasteiger partial charge is 0.373 e. The van der Waals surface area contributed by atoms with Crippen LogP contribution < -0.4 is 10.6 Å². The van der Waals surface area contributed by atoms with E-state index in [4.69, 9.17) is 4.74 Å². The Morgan fingerprint density at radius 3 is 2.51 bits per heavy atom. The number of rotatable bonds is 8. The normalized spacial score (nSPS) is 13.1. The molecule has 198 valence electrons. The van der Waals surface area contributed by atoms with Gasteiger partial charge in [0, 0.05) is 47.7 Å². The van der Waals surface area contributed by atoms with Gasteiger partial charge >= 0.3 is 0 Å². The summed E-state index contributed by atoms with van der Waals surface area (Å²) in [5.74, 6) is 0.308. The Hall–Kier alpha value is -4.50. The van der Waals surface area contributed by atoms with Crippen molar-refractivity contribution in [2.24, 2.45) is 5.92 Å². The van der Waals surface area contributed by atoms with E-state index in [0.29, 0.717) is 28.5 Å². The number of hydrogen-bond acceptors (Lipinski definition) is 7. The monoisotopic (exact) mass is 522 g/mol. The number of nitrogens with zero attached hydrogens (tertiary/aromatic N) is 4. The maximum atomic E-state index is 13.1. The van der Waals surface area contributed by atoms with E-state index in [1.54, 1.807) is 37.7 Å². The first-order chi connectivity index (χ1) is 18.7. The number of anilines is 2. The quantitative estimate of drug-likeness (QED) is 0.318. The Morgan fingerprint density at radius 2 is 1.74 bits per heavy atom. The zero-order chi connectivity index (χ0) is 27.6. The van der Waals surface area contributed by atoms with E-state index in [1.165, 1.54) is 6.33 Å². The first-order valence-electron chi connectivity index (χ1n) is 12.8. The average molecular weight is 523 g/mol. The molecular weight excluding hydrogens is 492 g/mol. The molecule has 1 aliphatic carbocycles. The van der Waals surface area contributed by atoms with Crippen LogP contribution in [0.5, 0.6) is 0 Å². The number of hydrogen-bond donors (Lipinski definition) is 2. The molecule has 0 spiro atoms. The van der Waals surface area contributed by atoms with Crippen molar-refractivity contribution < 1.29 is 14.3 Å². The van der Waals surface area contributed by atoms with E-state index in [-0.39, 0.29) is 17.7 Å². The Labute approximate surface area is 227 Å². The Kier molecular flexibility index (Phi) is 7.17. The van der Waals surface area contributed by atoms with E-state index in [2.05, 4.69) is 30.6 Å². The zero-order valence-electron chi connectivity index (χ0n) is 22.4. The summed E-state index contributed by atoms with van der Waals surface area (Å²) in [6, 6.07) is 15.0. The number of benzene rings is 1. The van der Waals surface area contributed by atoms with Gasteiger partial charge in [-0.1, -0.05) is 18.2 Å². The lowest BCUT2D eigenvalue weighted by Gasteiger charge is -2.22. The maximum absolute atomic E-state index is 13.1. The summed E-state index contributed by atoms with van der Waals surface area (Å²) in [6.07, 6.45) is 6.54. The Balaban J connectivity index is 1.38. The molecule has 1 aromatic carbocycles. The van der Waals surface area contributed by atoms with E-state index in [0.717, 1.165) is 35.2 Å². The van der Waals surface area contributed by atoms with Crippen LogP contribution in [0.15, 0.2) is 67.3 Å². The number of methoxy groups -OCH3 is 1. The summed E-state index contributed by atoms with van der Waals surface area (Å²) in [5, 5.41) is 5.82. The van der Waals surface area contributed by atoms with Crippen molar-refractivity contribution in [1.82, 2.24) is 19.9 Å². The van der Waals surface area contributed by atoms with Gasteiger partial charge < -0.3 is 15.4 Å². The summed E-state index contributed by atoms with van der Waals surface area (Å²) in [7, 11) is 1.61. The number of pyridine rings is 2. The molecule has 0 atom stereocenters. The van der Waals surface area contributed by atoms with Gasteiger partial charge in [-0.05, 0) is 63.4 Å². The molecule has 0 bridgehead atoms. The lowest BCUT2D eigenvalue weighted by Crippen LogP contribution is -2.22. The number of carbonyl (C=O) groups excluding carboxylic acids is 2. The third kappa shape index (κ3) is 5.99. The van der Waals surface area contributed by atoms with Crippen LogP contribution in [0, 0.1) is 12.8 Å². The molecule has 3 aromatic heterocycles. The van der Waals surface area contributed by atoms with Crippen LogP contribution >= 0.6 is 0 Å². The van der Waals surface area contributed by atoms with Crippen LogP contribution in [-0.4, -0.2) is 38.9 Å². The number of aryl methyl sites for hydroxylation is 1. The molecule has 39 heavy (non-hydrogen) atoms. The van der Waals surface area contributed by atoms with Crippen molar-refractivity contribution in [3.05, 3.63) is 84.2 Å². The van der Waals surface area contributed by atoms with Gasteiger partial charge in [-0.3, -0.25) is 19.6 Å². The number of amides is 2. The van der Waals surface area contributed by atoms with Crippen LogP contribution in [-0.2, 0) is 15.1 Å². The van der Waals surface area contributed by atoms with Crippen molar-refractivity contribution in [1.29, 1.82) is 0 Å². The summed E-state index contributed by atoms with van der Waals surface area (Å²) in [5.41, 5.74) is 5.27. The number of carbonyl (C=O) groups is 2. The molecule has 9 nitrogen and oxygen atoms in total. The smallest absolute Gasteiger partial charge is 0.255 e. The molecule has 0 saturated heterocycles. The molecule has 3 heterocycles. The van der Waals surface area contributed by atoms with Crippen LogP contribution in [0.2, 0.25) is 0 Å². The van der Waals surface area contributed by atoms with Gasteiger partial charge in [-0.2, -0.15) is 0 Å². The van der Waals surface area contributed by atoms with Crippen molar-refractivity contribution >= 4 is 23.3 Å². The summed E-state index contributed by atoms with van der Waals surface area (Å²) in [6.45, 7) is 5.72. The SMILES string of the molecule is COC(C)(C)c1cc(C(=O)Nc2cnc(C)c(-c3cccc(-c4cc(NC(=O)C5CC5)ncn4)c3)c2)ccn1. The van der Waals surface area contributed by atoms with Gasteiger partial charge in [-0.25, -0.2) is 9.97 Å². The molecule has 9 heteroatoms. The van der Waals surface area contributed by atoms with Crippen LogP contribution in [0.25, 0.3) is 22.4 Å².